The molecule has 0 spiro atoms. The SMILES string of the molecule is CC(C)(C)C(N)C(=O)N1CCC[C@H]1C(N)=O. The zero-order valence-corrected chi connectivity index (χ0v) is 10.2. The third kappa shape index (κ3) is 2.52. The van der Waals surface area contributed by atoms with Gasteiger partial charge in [0.1, 0.15) is 6.04 Å². The Morgan fingerprint density at radius 3 is 2.38 bits per heavy atom. The average molecular weight is 227 g/mol. The summed E-state index contributed by atoms with van der Waals surface area (Å²) < 4.78 is 0. The van der Waals surface area contributed by atoms with Gasteiger partial charge in [-0.2, -0.15) is 0 Å². The number of carbonyl (C=O) groups is 2. The van der Waals surface area contributed by atoms with Crippen LogP contribution < -0.4 is 11.5 Å². The Hall–Kier alpha value is -1.10. The highest BCUT2D eigenvalue weighted by Gasteiger charge is 2.38. The summed E-state index contributed by atoms with van der Waals surface area (Å²) in [4.78, 5) is 24.8. The van der Waals surface area contributed by atoms with E-state index in [9.17, 15) is 9.59 Å². The highest BCUT2D eigenvalue weighted by Crippen LogP contribution is 2.23. The summed E-state index contributed by atoms with van der Waals surface area (Å²) in [5, 5.41) is 0. The van der Waals surface area contributed by atoms with Crippen molar-refractivity contribution in [3.63, 3.8) is 0 Å². The van der Waals surface area contributed by atoms with Crippen LogP contribution in [0.25, 0.3) is 0 Å². The summed E-state index contributed by atoms with van der Waals surface area (Å²) in [5.41, 5.74) is 10.9. The molecule has 5 nitrogen and oxygen atoms in total. The lowest BCUT2D eigenvalue weighted by molar-refractivity contribution is -0.140. The van der Waals surface area contributed by atoms with E-state index in [0.717, 1.165) is 6.42 Å². The standard InChI is InChI=1S/C11H21N3O2/c1-11(2,3)8(12)10(16)14-6-4-5-7(14)9(13)15/h7-8H,4-6,12H2,1-3H3,(H2,13,15)/t7-,8?/m0/s1. The van der Waals surface area contributed by atoms with Crippen molar-refractivity contribution in [3.8, 4) is 0 Å². The van der Waals surface area contributed by atoms with Crippen LogP contribution in [0.1, 0.15) is 33.6 Å². The van der Waals surface area contributed by atoms with Crippen molar-refractivity contribution in [1.82, 2.24) is 4.90 Å². The van der Waals surface area contributed by atoms with Crippen molar-refractivity contribution in [2.24, 2.45) is 16.9 Å². The number of primary amides is 1. The summed E-state index contributed by atoms with van der Waals surface area (Å²) in [5.74, 6) is -0.610. The molecule has 1 aliphatic heterocycles. The van der Waals surface area contributed by atoms with Crippen LogP contribution in [0.4, 0.5) is 0 Å². The Bertz CT molecular complexity index is 296. The number of carbonyl (C=O) groups excluding carboxylic acids is 2. The van der Waals surface area contributed by atoms with Gasteiger partial charge in [0.2, 0.25) is 11.8 Å². The van der Waals surface area contributed by atoms with E-state index in [1.54, 1.807) is 0 Å². The molecule has 0 radical (unpaired) electrons. The molecule has 5 heteroatoms. The van der Waals surface area contributed by atoms with Gasteiger partial charge in [0.25, 0.3) is 0 Å². The van der Waals surface area contributed by atoms with Crippen molar-refractivity contribution in [2.75, 3.05) is 6.54 Å². The van der Waals surface area contributed by atoms with Crippen molar-refractivity contribution in [2.45, 2.75) is 45.7 Å². The van der Waals surface area contributed by atoms with Gasteiger partial charge in [-0.1, -0.05) is 20.8 Å². The van der Waals surface area contributed by atoms with E-state index in [-0.39, 0.29) is 11.3 Å². The van der Waals surface area contributed by atoms with Gasteiger partial charge in [0.15, 0.2) is 0 Å². The number of hydrogen-bond acceptors (Lipinski definition) is 3. The molecule has 0 aliphatic carbocycles. The molecular formula is C11H21N3O2. The van der Waals surface area contributed by atoms with Crippen molar-refractivity contribution < 1.29 is 9.59 Å². The maximum atomic E-state index is 12.1. The Labute approximate surface area is 96.1 Å². The Morgan fingerprint density at radius 1 is 1.38 bits per heavy atom. The molecule has 2 atom stereocenters. The second-order valence-electron chi connectivity index (χ2n) is 5.44. The van der Waals surface area contributed by atoms with Crippen LogP contribution in [0, 0.1) is 5.41 Å². The van der Waals surface area contributed by atoms with Gasteiger partial charge < -0.3 is 16.4 Å². The summed E-state index contributed by atoms with van der Waals surface area (Å²) >= 11 is 0. The molecular weight excluding hydrogens is 206 g/mol. The lowest BCUT2D eigenvalue weighted by Gasteiger charge is -2.32. The van der Waals surface area contributed by atoms with Gasteiger partial charge in [-0.05, 0) is 18.3 Å². The normalized spacial score (nSPS) is 23.2. The van der Waals surface area contributed by atoms with Crippen molar-refractivity contribution in [3.05, 3.63) is 0 Å². The minimum atomic E-state index is -0.590. The number of rotatable bonds is 2. The zero-order chi connectivity index (χ0) is 12.5. The molecule has 1 heterocycles. The molecule has 1 rings (SSSR count). The molecule has 1 aliphatic rings. The highest BCUT2D eigenvalue weighted by molar-refractivity contribution is 5.89. The highest BCUT2D eigenvalue weighted by atomic mass is 16.2. The molecule has 92 valence electrons. The molecule has 0 bridgehead atoms. The van der Waals surface area contributed by atoms with E-state index >= 15 is 0 Å². The summed E-state index contributed by atoms with van der Waals surface area (Å²) in [6, 6.07) is -1.06. The first-order chi connectivity index (χ1) is 7.25. The molecule has 0 aromatic heterocycles. The lowest BCUT2D eigenvalue weighted by Crippen LogP contribution is -2.54. The first kappa shape index (κ1) is 13.0. The number of amides is 2. The maximum Gasteiger partial charge on any atom is 0.240 e. The predicted molar refractivity (Wildman–Crippen MR) is 61.4 cm³/mol. The topological polar surface area (TPSA) is 89.4 Å². The quantitative estimate of drug-likeness (QED) is 0.686. The molecule has 16 heavy (non-hydrogen) atoms. The third-order valence-electron chi connectivity index (χ3n) is 3.06. The Balaban J connectivity index is 2.77. The first-order valence-corrected chi connectivity index (χ1v) is 5.60. The van der Waals surface area contributed by atoms with Crippen LogP contribution >= 0.6 is 0 Å². The van der Waals surface area contributed by atoms with E-state index < -0.39 is 18.0 Å². The first-order valence-electron chi connectivity index (χ1n) is 5.60. The van der Waals surface area contributed by atoms with Crippen LogP contribution in [-0.2, 0) is 9.59 Å². The average Bonchev–Trinajstić information content (AvgIpc) is 2.62. The third-order valence-corrected chi connectivity index (χ3v) is 3.06. The summed E-state index contributed by atoms with van der Waals surface area (Å²) in [6.07, 6.45) is 1.47. The molecule has 0 aromatic carbocycles. The largest absolute Gasteiger partial charge is 0.368 e. The van der Waals surface area contributed by atoms with Crippen LogP contribution in [0.3, 0.4) is 0 Å². The predicted octanol–water partition coefficient (Wildman–Crippen LogP) is -0.164. The van der Waals surface area contributed by atoms with Gasteiger partial charge in [0.05, 0.1) is 6.04 Å². The molecule has 1 unspecified atom stereocenters. The smallest absolute Gasteiger partial charge is 0.240 e. The molecule has 0 saturated carbocycles. The molecule has 4 N–H and O–H groups in total. The maximum absolute atomic E-state index is 12.1. The molecule has 1 saturated heterocycles. The molecule has 0 aromatic rings. The van der Waals surface area contributed by atoms with Gasteiger partial charge in [-0.25, -0.2) is 0 Å². The lowest BCUT2D eigenvalue weighted by atomic mass is 9.86. The summed E-state index contributed by atoms with van der Waals surface area (Å²) in [7, 11) is 0. The fourth-order valence-electron chi connectivity index (χ4n) is 1.88. The van der Waals surface area contributed by atoms with E-state index in [0.29, 0.717) is 13.0 Å². The van der Waals surface area contributed by atoms with Gasteiger partial charge in [0, 0.05) is 6.54 Å². The second kappa shape index (κ2) is 4.41. The van der Waals surface area contributed by atoms with Crippen molar-refractivity contribution >= 4 is 11.8 Å². The minimum Gasteiger partial charge on any atom is -0.368 e. The van der Waals surface area contributed by atoms with Crippen LogP contribution in [-0.4, -0.2) is 35.3 Å². The van der Waals surface area contributed by atoms with Crippen LogP contribution in [0.15, 0.2) is 0 Å². The van der Waals surface area contributed by atoms with E-state index in [2.05, 4.69) is 0 Å². The van der Waals surface area contributed by atoms with Crippen LogP contribution in [0.2, 0.25) is 0 Å². The number of nitrogens with two attached hydrogens (primary N) is 2. The van der Waals surface area contributed by atoms with Crippen molar-refractivity contribution in [1.29, 1.82) is 0 Å². The van der Waals surface area contributed by atoms with E-state index in [1.807, 2.05) is 20.8 Å². The number of likely N-dealkylation sites (tertiary alicyclic amines) is 1. The van der Waals surface area contributed by atoms with E-state index in [4.69, 9.17) is 11.5 Å². The number of nitrogens with zero attached hydrogens (tertiary/aromatic N) is 1. The monoisotopic (exact) mass is 227 g/mol. The number of hydrogen-bond donors (Lipinski definition) is 2. The Morgan fingerprint density at radius 2 is 1.94 bits per heavy atom. The fraction of sp³-hybridized carbons (Fsp3) is 0.818. The van der Waals surface area contributed by atoms with E-state index in [1.165, 1.54) is 4.90 Å². The second-order valence-corrected chi connectivity index (χ2v) is 5.44. The minimum absolute atomic E-state index is 0.172. The summed E-state index contributed by atoms with van der Waals surface area (Å²) in [6.45, 7) is 6.30. The van der Waals surface area contributed by atoms with Gasteiger partial charge >= 0.3 is 0 Å². The van der Waals surface area contributed by atoms with Gasteiger partial charge in [-0.15, -0.1) is 0 Å². The fourth-order valence-corrected chi connectivity index (χ4v) is 1.88. The molecule has 2 amide bonds. The molecule has 1 fully saturated rings. The van der Waals surface area contributed by atoms with Crippen LogP contribution in [0.5, 0.6) is 0 Å². The van der Waals surface area contributed by atoms with Gasteiger partial charge in [-0.3, -0.25) is 9.59 Å². The zero-order valence-electron chi connectivity index (χ0n) is 10.2. The Kier molecular flexibility index (Phi) is 3.57.